The molecular formula is C14H20N2O2. The van der Waals surface area contributed by atoms with Crippen LogP contribution in [0.2, 0.25) is 0 Å². The average Bonchev–Trinajstić information content (AvgIpc) is 2.79. The van der Waals surface area contributed by atoms with Gasteiger partial charge in [0.1, 0.15) is 6.04 Å². The second kappa shape index (κ2) is 5.40. The predicted molar refractivity (Wildman–Crippen MR) is 71.4 cm³/mol. The summed E-state index contributed by atoms with van der Waals surface area (Å²) in [6.07, 6.45) is 0.707. The number of para-hydroxylation sites is 1. The van der Waals surface area contributed by atoms with Crippen LogP contribution < -0.4 is 10.6 Å². The van der Waals surface area contributed by atoms with Gasteiger partial charge in [-0.1, -0.05) is 32.0 Å². The minimum atomic E-state index is -0.227. The van der Waals surface area contributed by atoms with E-state index in [1.54, 1.807) is 0 Å². The third-order valence-corrected chi connectivity index (χ3v) is 3.42. The zero-order valence-corrected chi connectivity index (χ0v) is 10.8. The van der Waals surface area contributed by atoms with Crippen LogP contribution in [0.25, 0.3) is 0 Å². The lowest BCUT2D eigenvalue weighted by atomic mass is 10.0. The Labute approximate surface area is 107 Å². The fraction of sp³-hybridized carbons (Fsp3) is 0.500. The molecule has 2 atom stereocenters. The number of aliphatic hydroxyl groups excluding tert-OH is 1. The van der Waals surface area contributed by atoms with Gasteiger partial charge >= 0.3 is 0 Å². The van der Waals surface area contributed by atoms with E-state index in [1.165, 1.54) is 5.56 Å². The Hall–Kier alpha value is -1.55. The Morgan fingerprint density at radius 3 is 2.83 bits per heavy atom. The maximum atomic E-state index is 12.1. The molecule has 0 aromatic heterocycles. The molecule has 98 valence electrons. The smallest absolute Gasteiger partial charge is 0.243 e. The number of anilines is 1. The molecule has 4 nitrogen and oxygen atoms in total. The molecule has 3 N–H and O–H groups in total. The van der Waals surface area contributed by atoms with E-state index in [2.05, 4.69) is 10.6 Å². The van der Waals surface area contributed by atoms with Crippen LogP contribution in [0.1, 0.15) is 19.4 Å². The Kier molecular flexibility index (Phi) is 3.87. The normalized spacial score (nSPS) is 19.2. The summed E-state index contributed by atoms with van der Waals surface area (Å²) in [5.74, 6) is 0.182. The van der Waals surface area contributed by atoms with Gasteiger partial charge in [0.05, 0.1) is 12.6 Å². The van der Waals surface area contributed by atoms with Gasteiger partial charge in [-0.3, -0.25) is 4.79 Å². The van der Waals surface area contributed by atoms with E-state index in [0.717, 1.165) is 5.69 Å². The van der Waals surface area contributed by atoms with Crippen molar-refractivity contribution in [1.82, 2.24) is 5.32 Å². The van der Waals surface area contributed by atoms with Gasteiger partial charge in [0, 0.05) is 12.1 Å². The van der Waals surface area contributed by atoms with E-state index in [9.17, 15) is 9.90 Å². The summed E-state index contributed by atoms with van der Waals surface area (Å²) >= 11 is 0. The molecule has 1 heterocycles. The monoisotopic (exact) mass is 248 g/mol. The molecule has 4 heteroatoms. The molecule has 0 radical (unpaired) electrons. The van der Waals surface area contributed by atoms with Gasteiger partial charge in [-0.25, -0.2) is 0 Å². The number of fused-ring (bicyclic) bond motifs is 1. The zero-order chi connectivity index (χ0) is 13.1. The molecule has 2 rings (SSSR count). The molecule has 1 aromatic carbocycles. The number of amides is 1. The summed E-state index contributed by atoms with van der Waals surface area (Å²) in [6.45, 7) is 3.94. The van der Waals surface area contributed by atoms with Gasteiger partial charge in [-0.2, -0.15) is 0 Å². The number of carbonyl (C=O) groups excluding carboxylic acids is 1. The first-order valence-electron chi connectivity index (χ1n) is 6.37. The second-order valence-corrected chi connectivity index (χ2v) is 5.10. The Bertz CT molecular complexity index is 407. The lowest BCUT2D eigenvalue weighted by Gasteiger charge is -2.22. The summed E-state index contributed by atoms with van der Waals surface area (Å²) in [5.41, 5.74) is 2.20. The highest BCUT2D eigenvalue weighted by Gasteiger charge is 2.28. The molecule has 1 amide bonds. The minimum absolute atomic E-state index is 0.0247. The van der Waals surface area contributed by atoms with E-state index in [4.69, 9.17) is 0 Å². The Morgan fingerprint density at radius 1 is 1.50 bits per heavy atom. The van der Waals surface area contributed by atoms with E-state index >= 15 is 0 Å². The van der Waals surface area contributed by atoms with Crippen molar-refractivity contribution in [2.45, 2.75) is 32.4 Å². The molecular weight excluding hydrogens is 228 g/mol. The highest BCUT2D eigenvalue weighted by atomic mass is 16.3. The lowest BCUT2D eigenvalue weighted by molar-refractivity contribution is -0.123. The van der Waals surface area contributed by atoms with Gasteiger partial charge in [0.15, 0.2) is 0 Å². The maximum absolute atomic E-state index is 12.1. The summed E-state index contributed by atoms with van der Waals surface area (Å²) < 4.78 is 0. The highest BCUT2D eigenvalue weighted by molar-refractivity contribution is 5.87. The fourth-order valence-corrected chi connectivity index (χ4v) is 2.16. The Morgan fingerprint density at radius 2 is 2.22 bits per heavy atom. The predicted octanol–water partition coefficient (Wildman–Crippen LogP) is 1.16. The number of hydrogen-bond donors (Lipinski definition) is 3. The van der Waals surface area contributed by atoms with E-state index in [1.807, 2.05) is 38.1 Å². The molecule has 0 fully saturated rings. The van der Waals surface area contributed by atoms with Crippen LogP contribution in [-0.2, 0) is 11.2 Å². The van der Waals surface area contributed by atoms with Crippen LogP contribution in [0.15, 0.2) is 24.3 Å². The topological polar surface area (TPSA) is 61.4 Å². The number of hydrogen-bond acceptors (Lipinski definition) is 3. The van der Waals surface area contributed by atoms with E-state index in [-0.39, 0.29) is 30.5 Å². The maximum Gasteiger partial charge on any atom is 0.243 e. The van der Waals surface area contributed by atoms with Crippen molar-refractivity contribution in [2.75, 3.05) is 11.9 Å². The first kappa shape index (κ1) is 12.9. The Balaban J connectivity index is 1.97. The highest BCUT2D eigenvalue weighted by Crippen LogP contribution is 2.25. The molecule has 2 unspecified atom stereocenters. The van der Waals surface area contributed by atoms with Gasteiger partial charge in [0.25, 0.3) is 0 Å². The van der Waals surface area contributed by atoms with E-state index < -0.39 is 0 Å². The van der Waals surface area contributed by atoms with Gasteiger partial charge in [0.2, 0.25) is 5.91 Å². The molecule has 0 saturated heterocycles. The van der Waals surface area contributed by atoms with Crippen molar-refractivity contribution in [3.63, 3.8) is 0 Å². The fourth-order valence-electron chi connectivity index (χ4n) is 2.16. The van der Waals surface area contributed by atoms with Crippen molar-refractivity contribution < 1.29 is 9.90 Å². The van der Waals surface area contributed by atoms with Crippen LogP contribution in [0.3, 0.4) is 0 Å². The van der Waals surface area contributed by atoms with Crippen LogP contribution in [0.4, 0.5) is 5.69 Å². The molecule has 1 aromatic rings. The summed E-state index contributed by atoms with van der Waals surface area (Å²) in [7, 11) is 0. The third-order valence-electron chi connectivity index (χ3n) is 3.42. The molecule has 0 aliphatic carbocycles. The first-order chi connectivity index (χ1) is 8.61. The van der Waals surface area contributed by atoms with Crippen molar-refractivity contribution >= 4 is 11.6 Å². The number of aliphatic hydroxyl groups is 1. The molecule has 1 aliphatic rings. The van der Waals surface area contributed by atoms with E-state index in [0.29, 0.717) is 6.42 Å². The van der Waals surface area contributed by atoms with Gasteiger partial charge < -0.3 is 15.7 Å². The average molecular weight is 248 g/mol. The van der Waals surface area contributed by atoms with Crippen molar-refractivity contribution in [3.05, 3.63) is 29.8 Å². The number of rotatable bonds is 4. The molecule has 0 spiro atoms. The van der Waals surface area contributed by atoms with Gasteiger partial charge in [-0.15, -0.1) is 0 Å². The minimum Gasteiger partial charge on any atom is -0.394 e. The van der Waals surface area contributed by atoms with Crippen LogP contribution >= 0.6 is 0 Å². The quantitative estimate of drug-likeness (QED) is 0.749. The van der Waals surface area contributed by atoms with Crippen molar-refractivity contribution in [1.29, 1.82) is 0 Å². The summed E-state index contributed by atoms with van der Waals surface area (Å²) in [5, 5.41) is 15.3. The van der Waals surface area contributed by atoms with Gasteiger partial charge in [-0.05, 0) is 17.5 Å². The number of carbonyl (C=O) groups is 1. The van der Waals surface area contributed by atoms with Crippen LogP contribution in [-0.4, -0.2) is 29.7 Å². The lowest BCUT2D eigenvalue weighted by Crippen LogP contribution is -2.47. The largest absolute Gasteiger partial charge is 0.394 e. The SMILES string of the molecule is CC(C)C(CO)NC(=O)C1Cc2ccccc2N1. The number of benzene rings is 1. The zero-order valence-electron chi connectivity index (χ0n) is 10.8. The van der Waals surface area contributed by atoms with Crippen molar-refractivity contribution in [3.8, 4) is 0 Å². The number of nitrogens with one attached hydrogen (secondary N) is 2. The third kappa shape index (κ3) is 2.64. The molecule has 1 aliphatic heterocycles. The molecule has 0 saturated carbocycles. The second-order valence-electron chi connectivity index (χ2n) is 5.10. The van der Waals surface area contributed by atoms with Crippen LogP contribution in [0, 0.1) is 5.92 Å². The molecule has 18 heavy (non-hydrogen) atoms. The summed E-state index contributed by atoms with van der Waals surface area (Å²) in [4.78, 5) is 12.1. The van der Waals surface area contributed by atoms with Crippen molar-refractivity contribution in [2.24, 2.45) is 5.92 Å². The standard InChI is InChI=1S/C14H20N2O2/c1-9(2)13(8-17)16-14(18)12-7-10-5-3-4-6-11(10)15-12/h3-6,9,12-13,15,17H,7-8H2,1-2H3,(H,16,18). The van der Waals surface area contributed by atoms with Crippen LogP contribution in [0.5, 0.6) is 0 Å². The molecule has 0 bridgehead atoms. The summed E-state index contributed by atoms with van der Waals surface area (Å²) in [6, 6.07) is 7.54. The first-order valence-corrected chi connectivity index (χ1v) is 6.37.